The summed E-state index contributed by atoms with van der Waals surface area (Å²) in [6.07, 6.45) is 5.99. The molecule has 1 fully saturated rings. The number of nitrogens with zero attached hydrogens (tertiary/aromatic N) is 3. The summed E-state index contributed by atoms with van der Waals surface area (Å²) < 4.78 is 20.4. The highest BCUT2D eigenvalue weighted by molar-refractivity contribution is 5.76. The van der Waals surface area contributed by atoms with E-state index in [1.165, 1.54) is 12.1 Å². The molecular weight excluding hydrogens is 297 g/mol. The van der Waals surface area contributed by atoms with Crippen molar-refractivity contribution >= 4 is 5.91 Å². The van der Waals surface area contributed by atoms with Gasteiger partial charge >= 0.3 is 0 Å². The van der Waals surface area contributed by atoms with Crippen molar-refractivity contribution in [1.82, 2.24) is 14.7 Å². The lowest BCUT2D eigenvalue weighted by Gasteiger charge is -2.33. The van der Waals surface area contributed by atoms with Crippen molar-refractivity contribution in [3.63, 3.8) is 0 Å². The van der Waals surface area contributed by atoms with E-state index in [9.17, 15) is 9.18 Å². The molecule has 6 heteroatoms. The van der Waals surface area contributed by atoms with Gasteiger partial charge in [0.1, 0.15) is 11.6 Å². The predicted molar refractivity (Wildman–Crippen MR) is 83.6 cm³/mol. The molecule has 23 heavy (non-hydrogen) atoms. The van der Waals surface area contributed by atoms with Crippen LogP contribution in [-0.2, 0) is 4.79 Å². The molecule has 0 aliphatic carbocycles. The molecule has 2 heterocycles. The van der Waals surface area contributed by atoms with Crippen LogP contribution in [0.3, 0.4) is 0 Å². The third kappa shape index (κ3) is 4.09. The summed E-state index contributed by atoms with van der Waals surface area (Å²) in [4.78, 5) is 14.2. The van der Waals surface area contributed by atoms with Crippen molar-refractivity contribution in [2.75, 3.05) is 19.7 Å². The highest BCUT2D eigenvalue weighted by Gasteiger charge is 2.24. The molecule has 122 valence electrons. The monoisotopic (exact) mass is 317 g/mol. The number of piperidine rings is 1. The summed E-state index contributed by atoms with van der Waals surface area (Å²) >= 11 is 0. The van der Waals surface area contributed by atoms with Gasteiger partial charge in [0.05, 0.1) is 19.1 Å². The van der Waals surface area contributed by atoms with Crippen molar-refractivity contribution in [3.05, 3.63) is 48.5 Å². The SMILES string of the molecule is O=C(CCOc1cccc(F)c1)N1CCCC(n2cccn2)C1. The standard InChI is InChI=1S/C17H20FN3O2/c18-14-4-1-6-16(12-14)23-11-7-17(22)20-9-2-5-15(13-20)21-10-3-8-19-21/h1,3-4,6,8,10,12,15H,2,5,7,9,11,13H2. The molecule has 0 bridgehead atoms. The minimum Gasteiger partial charge on any atom is -0.493 e. The van der Waals surface area contributed by atoms with E-state index in [4.69, 9.17) is 4.74 Å². The van der Waals surface area contributed by atoms with Crippen LogP contribution in [0.5, 0.6) is 5.75 Å². The zero-order valence-electron chi connectivity index (χ0n) is 12.9. The fraction of sp³-hybridized carbons (Fsp3) is 0.412. The number of carbonyl (C=O) groups excluding carboxylic acids is 1. The van der Waals surface area contributed by atoms with E-state index in [0.717, 1.165) is 19.4 Å². The quantitative estimate of drug-likeness (QED) is 0.852. The molecule has 1 amide bonds. The van der Waals surface area contributed by atoms with Crippen LogP contribution in [0, 0.1) is 5.82 Å². The smallest absolute Gasteiger partial charge is 0.226 e. The van der Waals surface area contributed by atoms with Crippen LogP contribution in [0.2, 0.25) is 0 Å². The number of hydrogen-bond donors (Lipinski definition) is 0. The zero-order chi connectivity index (χ0) is 16.1. The van der Waals surface area contributed by atoms with E-state index in [-0.39, 0.29) is 24.4 Å². The molecule has 0 spiro atoms. The molecule has 1 aliphatic heterocycles. The molecule has 1 unspecified atom stereocenters. The highest BCUT2D eigenvalue weighted by atomic mass is 19.1. The molecule has 1 aromatic heterocycles. The summed E-state index contributed by atoms with van der Waals surface area (Å²) in [7, 11) is 0. The maximum absolute atomic E-state index is 13.1. The van der Waals surface area contributed by atoms with Gasteiger partial charge in [0.25, 0.3) is 0 Å². The Morgan fingerprint density at radius 3 is 3.09 bits per heavy atom. The Bertz CT molecular complexity index is 645. The van der Waals surface area contributed by atoms with Gasteiger partial charge in [0, 0.05) is 31.5 Å². The Morgan fingerprint density at radius 2 is 2.30 bits per heavy atom. The number of ether oxygens (including phenoxy) is 1. The van der Waals surface area contributed by atoms with Crippen molar-refractivity contribution in [3.8, 4) is 5.75 Å². The van der Waals surface area contributed by atoms with Crippen LogP contribution in [0.4, 0.5) is 4.39 Å². The van der Waals surface area contributed by atoms with E-state index in [0.29, 0.717) is 18.7 Å². The Hall–Kier alpha value is -2.37. The van der Waals surface area contributed by atoms with Gasteiger partial charge in [-0.05, 0) is 31.0 Å². The molecular formula is C17H20FN3O2. The molecule has 0 N–H and O–H groups in total. The maximum Gasteiger partial charge on any atom is 0.226 e. The number of halogens is 1. The van der Waals surface area contributed by atoms with Gasteiger partial charge in [-0.25, -0.2) is 4.39 Å². The van der Waals surface area contributed by atoms with Crippen molar-refractivity contribution < 1.29 is 13.9 Å². The van der Waals surface area contributed by atoms with Crippen LogP contribution in [0.25, 0.3) is 0 Å². The predicted octanol–water partition coefficient (Wildman–Crippen LogP) is 2.65. The highest BCUT2D eigenvalue weighted by Crippen LogP contribution is 2.21. The fourth-order valence-corrected chi connectivity index (χ4v) is 2.86. The number of aromatic nitrogens is 2. The van der Waals surface area contributed by atoms with Crippen LogP contribution in [-0.4, -0.2) is 40.3 Å². The first kappa shape index (κ1) is 15.5. The second kappa shape index (κ2) is 7.26. The van der Waals surface area contributed by atoms with E-state index in [1.807, 2.05) is 21.8 Å². The molecule has 2 aromatic rings. The lowest BCUT2D eigenvalue weighted by molar-refractivity contribution is -0.133. The number of benzene rings is 1. The van der Waals surface area contributed by atoms with Gasteiger partial charge in [-0.15, -0.1) is 0 Å². The number of amides is 1. The van der Waals surface area contributed by atoms with Crippen LogP contribution in [0.1, 0.15) is 25.3 Å². The molecule has 1 atom stereocenters. The molecule has 0 saturated carbocycles. The second-order valence-electron chi connectivity index (χ2n) is 5.68. The molecule has 3 rings (SSSR count). The van der Waals surface area contributed by atoms with Crippen LogP contribution in [0.15, 0.2) is 42.7 Å². The number of hydrogen-bond acceptors (Lipinski definition) is 3. The summed E-state index contributed by atoms with van der Waals surface area (Å²) in [6.45, 7) is 1.71. The van der Waals surface area contributed by atoms with Gasteiger partial charge < -0.3 is 9.64 Å². The maximum atomic E-state index is 13.1. The van der Waals surface area contributed by atoms with Crippen molar-refractivity contribution in [2.45, 2.75) is 25.3 Å². The van der Waals surface area contributed by atoms with Crippen LogP contribution < -0.4 is 4.74 Å². The number of likely N-dealkylation sites (tertiary alicyclic amines) is 1. The second-order valence-corrected chi connectivity index (χ2v) is 5.68. The minimum atomic E-state index is -0.341. The molecule has 5 nitrogen and oxygen atoms in total. The Kier molecular flexibility index (Phi) is 4.90. The topological polar surface area (TPSA) is 47.4 Å². The van der Waals surface area contributed by atoms with E-state index < -0.39 is 0 Å². The normalized spacial score (nSPS) is 18.0. The minimum absolute atomic E-state index is 0.0678. The Morgan fingerprint density at radius 1 is 1.39 bits per heavy atom. The first-order valence-corrected chi connectivity index (χ1v) is 7.87. The Balaban J connectivity index is 1.48. The summed E-state index contributed by atoms with van der Waals surface area (Å²) in [5.74, 6) is 0.177. The average Bonchev–Trinajstić information content (AvgIpc) is 3.09. The van der Waals surface area contributed by atoms with Gasteiger partial charge in [-0.1, -0.05) is 6.07 Å². The average molecular weight is 317 g/mol. The largest absolute Gasteiger partial charge is 0.493 e. The molecule has 1 aromatic carbocycles. The summed E-state index contributed by atoms with van der Waals surface area (Å²) in [5, 5.41) is 4.26. The number of rotatable bonds is 5. The molecule has 0 radical (unpaired) electrons. The number of carbonyl (C=O) groups is 1. The van der Waals surface area contributed by atoms with Gasteiger partial charge in [-0.2, -0.15) is 5.10 Å². The lowest BCUT2D eigenvalue weighted by atomic mass is 10.1. The summed E-state index contributed by atoms with van der Waals surface area (Å²) in [6, 6.07) is 8.09. The summed E-state index contributed by atoms with van der Waals surface area (Å²) in [5.41, 5.74) is 0. The Labute approximate surface area is 134 Å². The van der Waals surface area contributed by atoms with E-state index in [1.54, 1.807) is 18.3 Å². The first-order chi connectivity index (χ1) is 11.2. The van der Waals surface area contributed by atoms with E-state index >= 15 is 0 Å². The van der Waals surface area contributed by atoms with E-state index in [2.05, 4.69) is 5.10 Å². The van der Waals surface area contributed by atoms with Gasteiger partial charge in [-0.3, -0.25) is 9.48 Å². The molecule has 1 aliphatic rings. The lowest BCUT2D eigenvalue weighted by Crippen LogP contribution is -2.41. The third-order valence-electron chi connectivity index (χ3n) is 4.03. The van der Waals surface area contributed by atoms with Crippen molar-refractivity contribution in [1.29, 1.82) is 0 Å². The van der Waals surface area contributed by atoms with Gasteiger partial charge in [0.15, 0.2) is 0 Å². The van der Waals surface area contributed by atoms with Gasteiger partial charge in [0.2, 0.25) is 5.91 Å². The zero-order valence-corrected chi connectivity index (χ0v) is 12.9. The first-order valence-electron chi connectivity index (χ1n) is 7.87. The van der Waals surface area contributed by atoms with Crippen molar-refractivity contribution in [2.24, 2.45) is 0 Å². The fourth-order valence-electron chi connectivity index (χ4n) is 2.86. The third-order valence-corrected chi connectivity index (χ3v) is 4.03. The van der Waals surface area contributed by atoms with Crippen LogP contribution >= 0.6 is 0 Å². The molecule has 1 saturated heterocycles.